The summed E-state index contributed by atoms with van der Waals surface area (Å²) in [6.45, 7) is 2.15. The molecule has 0 aliphatic rings. The predicted octanol–water partition coefficient (Wildman–Crippen LogP) is 4.57. The molecule has 1 unspecified atom stereocenters. The molecule has 1 N–H and O–H groups in total. The maximum absolute atomic E-state index is 5.92. The molecule has 2 aromatic rings. The van der Waals surface area contributed by atoms with Crippen molar-refractivity contribution >= 4 is 28.6 Å². The highest BCUT2D eigenvalue weighted by Gasteiger charge is 2.05. The normalized spacial score (nSPS) is 12.4. The second-order valence-electron chi connectivity index (χ2n) is 3.39. The first-order valence-electron chi connectivity index (χ1n) is 4.81. The first kappa shape index (κ1) is 10.5. The SMILES string of the molecule is CC(Nc1cccc(Cl)c1)c1cccs1. The number of halogens is 1. The molecule has 1 atom stereocenters. The lowest BCUT2D eigenvalue weighted by Crippen LogP contribution is -2.04. The molecule has 0 aliphatic heterocycles. The predicted molar refractivity (Wildman–Crippen MR) is 67.8 cm³/mol. The third kappa shape index (κ3) is 2.74. The fourth-order valence-electron chi connectivity index (χ4n) is 1.44. The van der Waals surface area contributed by atoms with Crippen molar-refractivity contribution in [1.29, 1.82) is 0 Å². The highest BCUT2D eigenvalue weighted by atomic mass is 35.5. The molecule has 0 bridgehead atoms. The summed E-state index contributed by atoms with van der Waals surface area (Å²) in [5.74, 6) is 0. The number of hydrogen-bond donors (Lipinski definition) is 1. The molecule has 0 radical (unpaired) electrons. The Kier molecular flexibility index (Phi) is 3.29. The first-order valence-corrected chi connectivity index (χ1v) is 6.07. The van der Waals surface area contributed by atoms with Gasteiger partial charge in [-0.25, -0.2) is 0 Å². The van der Waals surface area contributed by atoms with Gasteiger partial charge in [-0.3, -0.25) is 0 Å². The molecule has 1 nitrogen and oxygen atoms in total. The minimum absolute atomic E-state index is 0.323. The Bertz CT molecular complexity index is 425. The summed E-state index contributed by atoms with van der Waals surface area (Å²) in [5.41, 5.74) is 1.06. The molecule has 1 aromatic carbocycles. The Hall–Kier alpha value is -0.990. The quantitative estimate of drug-likeness (QED) is 0.824. The molecule has 0 spiro atoms. The van der Waals surface area contributed by atoms with Crippen LogP contribution in [0.25, 0.3) is 0 Å². The van der Waals surface area contributed by atoms with E-state index in [0.717, 1.165) is 10.7 Å². The highest BCUT2D eigenvalue weighted by Crippen LogP contribution is 2.24. The first-order chi connectivity index (χ1) is 7.25. The van der Waals surface area contributed by atoms with Gasteiger partial charge in [0.05, 0.1) is 6.04 Å². The van der Waals surface area contributed by atoms with Gasteiger partial charge >= 0.3 is 0 Å². The second kappa shape index (κ2) is 4.69. The lowest BCUT2D eigenvalue weighted by Gasteiger charge is -2.13. The summed E-state index contributed by atoms with van der Waals surface area (Å²) in [6, 6.07) is 12.3. The fourth-order valence-corrected chi connectivity index (χ4v) is 2.36. The van der Waals surface area contributed by atoms with Crippen LogP contribution in [0.5, 0.6) is 0 Å². The summed E-state index contributed by atoms with van der Waals surface area (Å²) >= 11 is 7.67. The van der Waals surface area contributed by atoms with Gasteiger partial charge in [0.15, 0.2) is 0 Å². The van der Waals surface area contributed by atoms with Crippen LogP contribution in [0.2, 0.25) is 5.02 Å². The van der Waals surface area contributed by atoms with Crippen LogP contribution < -0.4 is 5.32 Å². The number of hydrogen-bond acceptors (Lipinski definition) is 2. The maximum Gasteiger partial charge on any atom is 0.0578 e. The van der Waals surface area contributed by atoms with E-state index in [-0.39, 0.29) is 0 Å². The minimum atomic E-state index is 0.323. The Labute approximate surface area is 98.7 Å². The number of rotatable bonds is 3. The summed E-state index contributed by atoms with van der Waals surface area (Å²) in [6.07, 6.45) is 0. The van der Waals surface area contributed by atoms with Crippen molar-refractivity contribution in [3.05, 3.63) is 51.7 Å². The largest absolute Gasteiger partial charge is 0.378 e. The highest BCUT2D eigenvalue weighted by molar-refractivity contribution is 7.10. The van der Waals surface area contributed by atoms with Gasteiger partial charge in [-0.05, 0) is 36.6 Å². The van der Waals surface area contributed by atoms with Gasteiger partial charge in [0.2, 0.25) is 0 Å². The number of benzene rings is 1. The van der Waals surface area contributed by atoms with Crippen LogP contribution in [0.1, 0.15) is 17.8 Å². The third-order valence-electron chi connectivity index (χ3n) is 2.18. The van der Waals surface area contributed by atoms with Crippen LogP contribution in [0.15, 0.2) is 41.8 Å². The van der Waals surface area contributed by atoms with E-state index in [4.69, 9.17) is 11.6 Å². The molecule has 78 valence electrons. The van der Waals surface area contributed by atoms with E-state index in [9.17, 15) is 0 Å². The van der Waals surface area contributed by atoms with Gasteiger partial charge in [0.25, 0.3) is 0 Å². The van der Waals surface area contributed by atoms with Gasteiger partial charge in [0.1, 0.15) is 0 Å². The molecule has 1 heterocycles. The molecular weight excluding hydrogens is 226 g/mol. The van der Waals surface area contributed by atoms with Gasteiger partial charge in [-0.1, -0.05) is 23.7 Å². The van der Waals surface area contributed by atoms with Gasteiger partial charge in [-0.15, -0.1) is 11.3 Å². The van der Waals surface area contributed by atoms with E-state index < -0.39 is 0 Å². The molecule has 0 aliphatic carbocycles. The number of nitrogens with one attached hydrogen (secondary N) is 1. The van der Waals surface area contributed by atoms with Gasteiger partial charge < -0.3 is 5.32 Å². The Morgan fingerprint density at radius 3 is 2.80 bits per heavy atom. The molecule has 0 saturated carbocycles. The second-order valence-corrected chi connectivity index (χ2v) is 4.81. The molecular formula is C12H12ClNS. The zero-order valence-electron chi connectivity index (χ0n) is 8.41. The Morgan fingerprint density at radius 1 is 1.27 bits per heavy atom. The average molecular weight is 238 g/mol. The molecule has 3 heteroatoms. The van der Waals surface area contributed by atoms with Crippen molar-refractivity contribution < 1.29 is 0 Å². The Balaban J connectivity index is 2.09. The Morgan fingerprint density at radius 2 is 2.13 bits per heavy atom. The van der Waals surface area contributed by atoms with Crippen LogP contribution >= 0.6 is 22.9 Å². The molecule has 0 saturated heterocycles. The van der Waals surface area contributed by atoms with Crippen molar-refractivity contribution in [2.45, 2.75) is 13.0 Å². The van der Waals surface area contributed by atoms with E-state index >= 15 is 0 Å². The van der Waals surface area contributed by atoms with E-state index in [0.29, 0.717) is 6.04 Å². The number of anilines is 1. The maximum atomic E-state index is 5.92. The molecule has 2 rings (SSSR count). The van der Waals surface area contributed by atoms with Crippen molar-refractivity contribution in [1.82, 2.24) is 0 Å². The molecule has 1 aromatic heterocycles. The van der Waals surface area contributed by atoms with E-state index in [2.05, 4.69) is 29.8 Å². The van der Waals surface area contributed by atoms with Crippen LogP contribution in [0, 0.1) is 0 Å². The van der Waals surface area contributed by atoms with Crippen LogP contribution in [0.3, 0.4) is 0 Å². The van der Waals surface area contributed by atoms with E-state index in [1.165, 1.54) is 4.88 Å². The summed E-state index contributed by atoms with van der Waals surface area (Å²) in [4.78, 5) is 1.33. The standard InChI is InChI=1S/C12H12ClNS/c1-9(12-6-3-7-15-12)14-11-5-2-4-10(13)8-11/h2-9,14H,1H3. The van der Waals surface area contributed by atoms with E-state index in [1.54, 1.807) is 11.3 Å². The van der Waals surface area contributed by atoms with E-state index in [1.807, 2.05) is 24.3 Å². The number of thiophene rings is 1. The third-order valence-corrected chi connectivity index (χ3v) is 3.47. The topological polar surface area (TPSA) is 12.0 Å². The van der Waals surface area contributed by atoms with Gasteiger partial charge in [0, 0.05) is 15.6 Å². The lowest BCUT2D eigenvalue weighted by molar-refractivity contribution is 0.908. The van der Waals surface area contributed by atoms with Crippen LogP contribution in [0.4, 0.5) is 5.69 Å². The fraction of sp³-hybridized carbons (Fsp3) is 0.167. The molecule has 0 fully saturated rings. The van der Waals surface area contributed by atoms with Crippen LogP contribution in [-0.2, 0) is 0 Å². The molecule has 15 heavy (non-hydrogen) atoms. The summed E-state index contributed by atoms with van der Waals surface area (Å²) in [7, 11) is 0. The van der Waals surface area contributed by atoms with Gasteiger partial charge in [-0.2, -0.15) is 0 Å². The summed E-state index contributed by atoms with van der Waals surface area (Å²) in [5, 5.41) is 6.26. The van der Waals surface area contributed by atoms with Crippen LogP contribution in [-0.4, -0.2) is 0 Å². The monoisotopic (exact) mass is 237 g/mol. The zero-order chi connectivity index (χ0) is 10.7. The molecule has 0 amide bonds. The van der Waals surface area contributed by atoms with Crippen molar-refractivity contribution in [2.75, 3.05) is 5.32 Å². The van der Waals surface area contributed by atoms with Crippen molar-refractivity contribution in [3.63, 3.8) is 0 Å². The van der Waals surface area contributed by atoms with Crippen molar-refractivity contribution in [3.8, 4) is 0 Å². The summed E-state index contributed by atoms with van der Waals surface area (Å²) < 4.78 is 0. The average Bonchev–Trinajstić information content (AvgIpc) is 2.70. The van der Waals surface area contributed by atoms with Crippen molar-refractivity contribution in [2.24, 2.45) is 0 Å². The zero-order valence-corrected chi connectivity index (χ0v) is 9.98. The minimum Gasteiger partial charge on any atom is -0.378 e. The lowest BCUT2D eigenvalue weighted by atomic mass is 10.2. The smallest absolute Gasteiger partial charge is 0.0578 e.